The number of terminal acetylenes is 1. The third-order valence-electron chi connectivity index (χ3n) is 2.88. The molecule has 2 N–H and O–H groups in total. The maximum Gasteiger partial charge on any atom is 0.231 e. The van der Waals surface area contributed by atoms with E-state index in [-0.39, 0.29) is 18.2 Å². The van der Waals surface area contributed by atoms with Crippen molar-refractivity contribution in [2.45, 2.75) is 18.2 Å². The summed E-state index contributed by atoms with van der Waals surface area (Å²) in [6.07, 6.45) is 5.08. The molecule has 5 nitrogen and oxygen atoms in total. The standard InChI is InChI=1S/C15H16N4OS2/c1-4-7-16-13(20)9-21-15-19-18-14(22-15)17-12-6-5-10(2)11(3)8-12/h1,5-6,8H,7,9H2,2-3H3,(H,16,20)(H,17,18). The lowest BCUT2D eigenvalue weighted by atomic mass is 10.1. The van der Waals surface area contributed by atoms with Gasteiger partial charge in [0.15, 0.2) is 4.34 Å². The van der Waals surface area contributed by atoms with Crippen LogP contribution in [0.2, 0.25) is 0 Å². The molecule has 0 bridgehead atoms. The predicted octanol–water partition coefficient (Wildman–Crippen LogP) is 2.74. The minimum absolute atomic E-state index is 0.109. The molecule has 0 aliphatic heterocycles. The quantitative estimate of drug-likeness (QED) is 0.629. The first-order valence-electron chi connectivity index (χ1n) is 6.59. The van der Waals surface area contributed by atoms with Gasteiger partial charge in [-0.25, -0.2) is 0 Å². The summed E-state index contributed by atoms with van der Waals surface area (Å²) < 4.78 is 0.738. The molecule has 0 fully saturated rings. The van der Waals surface area contributed by atoms with E-state index in [1.165, 1.54) is 34.2 Å². The van der Waals surface area contributed by atoms with Gasteiger partial charge in [-0.15, -0.1) is 16.6 Å². The van der Waals surface area contributed by atoms with Crippen LogP contribution >= 0.6 is 23.1 Å². The van der Waals surface area contributed by atoms with Crippen molar-refractivity contribution < 1.29 is 4.79 Å². The first-order chi connectivity index (χ1) is 10.6. The van der Waals surface area contributed by atoms with Gasteiger partial charge in [0, 0.05) is 5.69 Å². The third kappa shape index (κ3) is 4.76. The zero-order chi connectivity index (χ0) is 15.9. The van der Waals surface area contributed by atoms with Crippen molar-refractivity contribution in [3.63, 3.8) is 0 Å². The summed E-state index contributed by atoms with van der Waals surface area (Å²) in [5.74, 6) is 2.53. The van der Waals surface area contributed by atoms with Gasteiger partial charge in [0.1, 0.15) is 0 Å². The van der Waals surface area contributed by atoms with Crippen LogP contribution < -0.4 is 10.6 Å². The normalized spacial score (nSPS) is 10.0. The highest BCUT2D eigenvalue weighted by atomic mass is 32.2. The number of hydrogen-bond acceptors (Lipinski definition) is 6. The summed E-state index contributed by atoms with van der Waals surface area (Å²) in [5.41, 5.74) is 3.44. The van der Waals surface area contributed by atoms with E-state index in [9.17, 15) is 4.79 Å². The van der Waals surface area contributed by atoms with Crippen LogP contribution in [-0.4, -0.2) is 28.4 Å². The zero-order valence-corrected chi connectivity index (χ0v) is 14.0. The number of hydrogen-bond donors (Lipinski definition) is 2. The van der Waals surface area contributed by atoms with E-state index in [2.05, 4.69) is 52.7 Å². The van der Waals surface area contributed by atoms with Crippen molar-refractivity contribution in [3.8, 4) is 12.3 Å². The SMILES string of the molecule is C#CCNC(=O)CSc1nnc(Nc2ccc(C)c(C)c2)s1. The number of thioether (sulfide) groups is 1. The molecule has 1 aromatic heterocycles. The van der Waals surface area contributed by atoms with E-state index in [0.717, 1.165) is 10.0 Å². The summed E-state index contributed by atoms with van der Waals surface area (Å²) in [4.78, 5) is 11.5. The summed E-state index contributed by atoms with van der Waals surface area (Å²) in [6.45, 7) is 4.38. The summed E-state index contributed by atoms with van der Waals surface area (Å²) in [6, 6.07) is 6.13. The number of anilines is 2. The van der Waals surface area contributed by atoms with Crippen LogP contribution in [0.3, 0.4) is 0 Å². The van der Waals surface area contributed by atoms with E-state index in [1.54, 1.807) is 0 Å². The second-order valence-corrected chi connectivity index (χ2v) is 6.77. The Bertz CT molecular complexity index is 706. The number of amides is 1. The number of rotatable bonds is 6. The molecular formula is C15H16N4OS2. The van der Waals surface area contributed by atoms with Crippen molar-refractivity contribution in [3.05, 3.63) is 29.3 Å². The molecule has 0 aliphatic carbocycles. The fourth-order valence-electron chi connectivity index (χ4n) is 1.59. The van der Waals surface area contributed by atoms with Crippen LogP contribution in [0.4, 0.5) is 10.8 Å². The summed E-state index contributed by atoms with van der Waals surface area (Å²) in [5, 5.41) is 14.7. The Morgan fingerprint density at radius 1 is 1.36 bits per heavy atom. The van der Waals surface area contributed by atoms with Crippen LogP contribution in [0, 0.1) is 26.2 Å². The fraction of sp³-hybridized carbons (Fsp3) is 0.267. The van der Waals surface area contributed by atoms with E-state index in [4.69, 9.17) is 6.42 Å². The zero-order valence-electron chi connectivity index (χ0n) is 12.3. The van der Waals surface area contributed by atoms with Crippen LogP contribution in [-0.2, 0) is 4.79 Å². The lowest BCUT2D eigenvalue weighted by Crippen LogP contribution is -2.25. The third-order valence-corrected chi connectivity index (χ3v) is 4.85. The second-order valence-electron chi connectivity index (χ2n) is 4.57. The molecule has 0 atom stereocenters. The fourth-order valence-corrected chi connectivity index (χ4v) is 3.19. The van der Waals surface area contributed by atoms with Gasteiger partial charge in [-0.05, 0) is 37.1 Å². The molecule has 22 heavy (non-hydrogen) atoms. The smallest absolute Gasteiger partial charge is 0.231 e. The Labute approximate surface area is 137 Å². The Hall–Kier alpha value is -2.04. The lowest BCUT2D eigenvalue weighted by molar-refractivity contribution is -0.118. The van der Waals surface area contributed by atoms with Crippen molar-refractivity contribution in [1.29, 1.82) is 0 Å². The van der Waals surface area contributed by atoms with Gasteiger partial charge in [0.2, 0.25) is 11.0 Å². The molecule has 2 aromatic rings. The van der Waals surface area contributed by atoms with Gasteiger partial charge in [0.05, 0.1) is 12.3 Å². The number of aryl methyl sites for hydroxylation is 2. The van der Waals surface area contributed by atoms with Crippen molar-refractivity contribution >= 4 is 39.8 Å². The highest BCUT2D eigenvalue weighted by Gasteiger charge is 2.08. The van der Waals surface area contributed by atoms with E-state index in [0.29, 0.717) is 5.13 Å². The number of aromatic nitrogens is 2. The Morgan fingerprint density at radius 2 is 2.18 bits per heavy atom. The molecule has 2 rings (SSSR count). The minimum atomic E-state index is -0.109. The van der Waals surface area contributed by atoms with Crippen molar-refractivity contribution in [1.82, 2.24) is 15.5 Å². The van der Waals surface area contributed by atoms with Gasteiger partial charge in [-0.3, -0.25) is 4.79 Å². The van der Waals surface area contributed by atoms with E-state index >= 15 is 0 Å². The molecule has 0 aliphatic rings. The molecule has 0 radical (unpaired) electrons. The Morgan fingerprint density at radius 3 is 2.91 bits per heavy atom. The van der Waals surface area contributed by atoms with Crippen LogP contribution in [0.15, 0.2) is 22.5 Å². The molecule has 0 saturated heterocycles. The van der Waals surface area contributed by atoms with E-state index < -0.39 is 0 Å². The first kappa shape index (κ1) is 16.3. The van der Waals surface area contributed by atoms with Crippen LogP contribution in [0.1, 0.15) is 11.1 Å². The molecule has 1 amide bonds. The largest absolute Gasteiger partial charge is 0.344 e. The van der Waals surface area contributed by atoms with Gasteiger partial charge in [-0.2, -0.15) is 0 Å². The number of nitrogens with zero attached hydrogens (tertiary/aromatic N) is 2. The average Bonchev–Trinajstić information content (AvgIpc) is 2.94. The highest BCUT2D eigenvalue weighted by Crippen LogP contribution is 2.28. The molecule has 7 heteroatoms. The van der Waals surface area contributed by atoms with Gasteiger partial charge in [-0.1, -0.05) is 35.1 Å². The number of carbonyl (C=O) groups is 1. The average molecular weight is 332 g/mol. The number of benzene rings is 1. The molecular weight excluding hydrogens is 316 g/mol. The number of carbonyl (C=O) groups excluding carboxylic acids is 1. The van der Waals surface area contributed by atoms with Crippen molar-refractivity contribution in [2.24, 2.45) is 0 Å². The highest BCUT2D eigenvalue weighted by molar-refractivity contribution is 8.01. The summed E-state index contributed by atoms with van der Waals surface area (Å²) in [7, 11) is 0. The topological polar surface area (TPSA) is 66.9 Å². The minimum Gasteiger partial charge on any atom is -0.344 e. The van der Waals surface area contributed by atoms with Gasteiger partial charge >= 0.3 is 0 Å². The van der Waals surface area contributed by atoms with Crippen LogP contribution in [0.25, 0.3) is 0 Å². The van der Waals surface area contributed by atoms with Gasteiger partial charge < -0.3 is 10.6 Å². The molecule has 0 saturated carbocycles. The second kappa shape index (κ2) is 7.82. The predicted molar refractivity (Wildman–Crippen MR) is 91.7 cm³/mol. The lowest BCUT2D eigenvalue weighted by Gasteiger charge is -2.05. The van der Waals surface area contributed by atoms with E-state index in [1.807, 2.05) is 6.07 Å². The molecule has 1 heterocycles. The monoisotopic (exact) mass is 332 g/mol. The van der Waals surface area contributed by atoms with Gasteiger partial charge in [0.25, 0.3) is 0 Å². The Balaban J connectivity index is 1.90. The molecule has 0 spiro atoms. The maximum atomic E-state index is 11.5. The molecule has 1 aromatic carbocycles. The first-order valence-corrected chi connectivity index (χ1v) is 8.39. The summed E-state index contributed by atoms with van der Waals surface area (Å²) >= 11 is 2.75. The van der Waals surface area contributed by atoms with Crippen LogP contribution in [0.5, 0.6) is 0 Å². The number of nitrogens with one attached hydrogen (secondary N) is 2. The molecule has 0 unspecified atom stereocenters. The Kier molecular flexibility index (Phi) is 5.81. The maximum absolute atomic E-state index is 11.5. The molecule has 114 valence electrons. The van der Waals surface area contributed by atoms with Crippen molar-refractivity contribution in [2.75, 3.05) is 17.6 Å².